The summed E-state index contributed by atoms with van der Waals surface area (Å²) >= 11 is 0. The van der Waals surface area contributed by atoms with E-state index in [0.29, 0.717) is 0 Å². The van der Waals surface area contributed by atoms with E-state index in [1.165, 1.54) is 0 Å². The predicted octanol–water partition coefficient (Wildman–Crippen LogP) is 3.40. The third-order valence-corrected chi connectivity index (χ3v) is 8.16. The molecule has 0 aromatic heterocycles. The van der Waals surface area contributed by atoms with Crippen LogP contribution in [0.25, 0.3) is 0 Å². The number of rotatable bonds is 36. The van der Waals surface area contributed by atoms with Crippen molar-refractivity contribution in [2.45, 2.75) is 205 Å². The largest absolute Gasteiger partial charge is 4.00 e. The maximum absolute atomic E-state index is 10.0. The molecule has 0 unspecified atom stereocenters. The van der Waals surface area contributed by atoms with Gasteiger partial charge in [0.2, 0.25) is 0 Å². The van der Waals surface area contributed by atoms with Crippen LogP contribution in [0.3, 0.4) is 0 Å². The first-order chi connectivity index (χ1) is 25.1. The van der Waals surface area contributed by atoms with Crippen molar-refractivity contribution in [2.75, 3.05) is 26.4 Å². The van der Waals surface area contributed by atoms with E-state index in [-0.39, 0.29) is 73.8 Å². The number of aliphatic hydroxyl groups excluding tert-OH is 4. The van der Waals surface area contributed by atoms with E-state index < -0.39 is 23.9 Å². The smallest absolute Gasteiger partial charge is 0.550 e. The van der Waals surface area contributed by atoms with Crippen molar-refractivity contribution in [1.82, 2.24) is 0 Å². The van der Waals surface area contributed by atoms with Crippen molar-refractivity contribution in [3.05, 3.63) is 0 Å². The molecule has 0 aliphatic rings. The van der Waals surface area contributed by atoms with Crippen LogP contribution >= 0.6 is 0 Å². The summed E-state index contributed by atoms with van der Waals surface area (Å²) in [4.78, 5) is 40.1. The zero-order valence-electron chi connectivity index (χ0n) is 33.0. The van der Waals surface area contributed by atoms with Gasteiger partial charge in [-0.3, -0.25) is 0 Å². The van der Waals surface area contributed by atoms with E-state index in [0.717, 1.165) is 180 Å². The van der Waals surface area contributed by atoms with Crippen molar-refractivity contribution in [3.63, 3.8) is 0 Å². The fourth-order valence-corrected chi connectivity index (χ4v) is 5.06. The van der Waals surface area contributed by atoms with Gasteiger partial charge in [0.1, 0.15) is 0 Å². The standard InChI is InChI=1S/4C10H20O3.Ti/c4*11-9-7-5-3-1-2-4-6-8-10(12)13;/h4*11H,1-9H2,(H,12,13);/q;;;;+4/p-4. The molecule has 0 atom stereocenters. The fourth-order valence-electron chi connectivity index (χ4n) is 5.06. The third-order valence-electron chi connectivity index (χ3n) is 8.16. The molecule has 0 saturated carbocycles. The van der Waals surface area contributed by atoms with Gasteiger partial charge < -0.3 is 60.0 Å². The van der Waals surface area contributed by atoms with E-state index >= 15 is 0 Å². The monoisotopic (exact) mass is 796 g/mol. The average molecular weight is 797 g/mol. The number of carbonyl (C=O) groups excluding carboxylic acids is 4. The summed E-state index contributed by atoms with van der Waals surface area (Å²) in [7, 11) is 0. The van der Waals surface area contributed by atoms with Crippen LogP contribution in [0.2, 0.25) is 0 Å². The molecular formula is C40H76O12Ti. The summed E-state index contributed by atoms with van der Waals surface area (Å²) in [5.74, 6) is -3.78. The van der Waals surface area contributed by atoms with Gasteiger partial charge in [-0.15, -0.1) is 0 Å². The van der Waals surface area contributed by atoms with E-state index in [9.17, 15) is 39.6 Å². The van der Waals surface area contributed by atoms with Crippen LogP contribution in [0, 0.1) is 0 Å². The second kappa shape index (κ2) is 57.2. The number of hydrogen-bond donors (Lipinski definition) is 4. The number of carboxylic acid groups (broad SMARTS) is 4. The number of carboxylic acids is 4. The van der Waals surface area contributed by atoms with Gasteiger partial charge in [-0.2, -0.15) is 0 Å². The average Bonchev–Trinajstić information content (AvgIpc) is 3.10. The molecule has 0 aliphatic carbocycles. The minimum absolute atomic E-state index is 0. The molecule has 0 aromatic carbocycles. The van der Waals surface area contributed by atoms with Gasteiger partial charge in [0.15, 0.2) is 0 Å². The molecule has 0 bridgehead atoms. The summed E-state index contributed by atoms with van der Waals surface area (Å²) < 4.78 is 0. The summed E-state index contributed by atoms with van der Waals surface area (Å²) in [6.07, 6.45) is 29.1. The van der Waals surface area contributed by atoms with Crippen LogP contribution in [0.15, 0.2) is 0 Å². The van der Waals surface area contributed by atoms with Gasteiger partial charge >= 0.3 is 21.7 Å². The number of aliphatic carboxylic acids is 4. The Balaban J connectivity index is -0.000000192. The molecule has 0 radical (unpaired) electrons. The van der Waals surface area contributed by atoms with Gasteiger partial charge in [-0.1, -0.05) is 128 Å². The van der Waals surface area contributed by atoms with Crippen LogP contribution in [-0.2, 0) is 40.9 Å². The summed E-state index contributed by atoms with van der Waals surface area (Å²) in [5.41, 5.74) is 0. The Labute approximate surface area is 336 Å². The maximum atomic E-state index is 10.0. The Bertz CT molecular complexity index is 621. The summed E-state index contributed by atoms with van der Waals surface area (Å²) in [5, 5.41) is 74.1. The van der Waals surface area contributed by atoms with Crippen LogP contribution in [0.5, 0.6) is 0 Å². The molecule has 312 valence electrons. The van der Waals surface area contributed by atoms with Crippen molar-refractivity contribution in [3.8, 4) is 0 Å². The Morgan fingerprint density at radius 1 is 0.245 bits per heavy atom. The van der Waals surface area contributed by atoms with E-state index in [1.54, 1.807) is 0 Å². The van der Waals surface area contributed by atoms with Gasteiger partial charge in [-0.25, -0.2) is 0 Å². The minimum Gasteiger partial charge on any atom is -0.550 e. The van der Waals surface area contributed by atoms with Crippen LogP contribution in [0.4, 0.5) is 0 Å². The molecule has 0 heterocycles. The topological polar surface area (TPSA) is 241 Å². The first kappa shape index (κ1) is 60.7. The Kier molecular flexibility index (Phi) is 65.4. The molecule has 0 spiro atoms. The van der Waals surface area contributed by atoms with Crippen LogP contribution < -0.4 is 20.4 Å². The predicted molar refractivity (Wildman–Crippen MR) is 196 cm³/mol. The second-order valence-electron chi connectivity index (χ2n) is 13.3. The zero-order chi connectivity index (χ0) is 39.8. The minimum atomic E-state index is -0.944. The van der Waals surface area contributed by atoms with Crippen molar-refractivity contribution in [2.24, 2.45) is 0 Å². The molecule has 13 heteroatoms. The van der Waals surface area contributed by atoms with Crippen molar-refractivity contribution in [1.29, 1.82) is 0 Å². The van der Waals surface area contributed by atoms with Crippen LogP contribution in [-0.4, -0.2) is 70.7 Å². The fraction of sp³-hybridized carbons (Fsp3) is 0.900. The molecule has 0 aliphatic heterocycles. The summed E-state index contributed by atoms with van der Waals surface area (Å²) in [6, 6.07) is 0. The van der Waals surface area contributed by atoms with Gasteiger partial charge in [-0.05, 0) is 77.0 Å². The first-order valence-corrected chi connectivity index (χ1v) is 20.3. The molecular weight excluding hydrogens is 720 g/mol. The zero-order valence-corrected chi connectivity index (χ0v) is 34.6. The molecule has 4 N–H and O–H groups in total. The van der Waals surface area contributed by atoms with Crippen LogP contribution in [0.1, 0.15) is 205 Å². The van der Waals surface area contributed by atoms with Crippen molar-refractivity contribution >= 4 is 23.9 Å². The number of unbranched alkanes of at least 4 members (excludes halogenated alkanes) is 24. The number of carbonyl (C=O) groups is 4. The maximum Gasteiger partial charge on any atom is 4.00 e. The van der Waals surface area contributed by atoms with E-state index in [1.807, 2.05) is 0 Å². The SMILES string of the molecule is O=C([O-])CCCCCCCCCO.O=C([O-])CCCCCCCCCO.O=C([O-])CCCCCCCCCO.O=C([O-])CCCCCCCCCO.[Ti+4]. The Morgan fingerprint density at radius 3 is 0.472 bits per heavy atom. The second-order valence-corrected chi connectivity index (χ2v) is 13.3. The molecule has 12 nitrogen and oxygen atoms in total. The number of hydrogen-bond acceptors (Lipinski definition) is 12. The first-order valence-electron chi connectivity index (χ1n) is 20.3. The summed E-state index contributed by atoms with van der Waals surface area (Å²) in [6.45, 7) is 1.13. The Morgan fingerprint density at radius 2 is 0.358 bits per heavy atom. The van der Waals surface area contributed by atoms with E-state index in [4.69, 9.17) is 20.4 Å². The third kappa shape index (κ3) is 80.1. The molecule has 0 amide bonds. The quantitative estimate of drug-likeness (QED) is 0.0527. The Hall–Kier alpha value is -1.57. The molecule has 0 aromatic rings. The molecule has 53 heavy (non-hydrogen) atoms. The molecule has 0 saturated heterocycles. The van der Waals surface area contributed by atoms with Gasteiger partial charge in [0.05, 0.1) is 0 Å². The van der Waals surface area contributed by atoms with Crippen molar-refractivity contribution < 1.29 is 81.7 Å². The molecule has 0 rings (SSSR count). The van der Waals surface area contributed by atoms with E-state index in [2.05, 4.69) is 0 Å². The van der Waals surface area contributed by atoms with Gasteiger partial charge in [0.25, 0.3) is 0 Å². The van der Waals surface area contributed by atoms with Gasteiger partial charge in [0, 0.05) is 50.3 Å². The molecule has 0 fully saturated rings. The normalized spacial score (nSPS) is 10.0. The number of aliphatic hydroxyl groups is 4.